The summed E-state index contributed by atoms with van der Waals surface area (Å²) in [6.45, 7) is 4.38. The number of amides is 2. The maximum atomic E-state index is 11.6. The monoisotopic (exact) mass is 313 g/mol. The van der Waals surface area contributed by atoms with E-state index >= 15 is 0 Å². The highest BCUT2D eigenvalue weighted by Crippen LogP contribution is 2.33. The Labute approximate surface area is 131 Å². The number of benzene rings is 1. The van der Waals surface area contributed by atoms with Crippen LogP contribution in [0.4, 0.5) is 9.93 Å². The minimum atomic E-state index is -0.255. The van der Waals surface area contributed by atoms with Crippen molar-refractivity contribution < 1.29 is 4.79 Å². The summed E-state index contributed by atoms with van der Waals surface area (Å²) >= 11 is 1.41. The first kappa shape index (κ1) is 14.4. The minimum Gasteiger partial charge on any atom is -0.338 e. The Morgan fingerprint density at radius 3 is 2.77 bits per heavy atom. The molecule has 0 atom stereocenters. The maximum Gasteiger partial charge on any atom is 0.321 e. The van der Waals surface area contributed by atoms with Gasteiger partial charge in [-0.3, -0.25) is 5.32 Å². The summed E-state index contributed by atoms with van der Waals surface area (Å²) in [7, 11) is 0. The van der Waals surface area contributed by atoms with Crippen LogP contribution in [0.5, 0.6) is 0 Å². The highest BCUT2D eigenvalue weighted by molar-refractivity contribution is 7.22. The second kappa shape index (κ2) is 6.07. The van der Waals surface area contributed by atoms with Crippen LogP contribution in [0.2, 0.25) is 0 Å². The molecule has 1 aromatic carbocycles. The summed E-state index contributed by atoms with van der Waals surface area (Å²) in [6, 6.07) is 5.53. The predicted octanol–water partition coefficient (Wildman–Crippen LogP) is 3.20. The van der Waals surface area contributed by atoms with Crippen molar-refractivity contribution in [2.24, 2.45) is 0 Å². The van der Waals surface area contributed by atoms with E-state index in [0.29, 0.717) is 17.5 Å². The van der Waals surface area contributed by atoms with Crippen molar-refractivity contribution in [3.63, 3.8) is 0 Å². The smallest absolute Gasteiger partial charge is 0.321 e. The average Bonchev–Trinajstić information content (AvgIpc) is 2.90. The largest absolute Gasteiger partial charge is 0.338 e. The Hall–Kier alpha value is -2.54. The standard InChI is InChI=1S/C15H15N5OS/c1-3-16-14(21)20-15-19-11-6-4-5-10(12(11)22-15)13-17-7-9(2)8-18-13/h4-8H,3H2,1-2H3,(H2,16,19,20,21). The van der Waals surface area contributed by atoms with Crippen LogP contribution < -0.4 is 10.6 Å². The lowest BCUT2D eigenvalue weighted by Crippen LogP contribution is -2.28. The molecule has 2 aromatic heterocycles. The number of thiazole rings is 1. The molecule has 2 amide bonds. The summed E-state index contributed by atoms with van der Waals surface area (Å²) in [5.41, 5.74) is 2.75. The molecule has 3 rings (SSSR count). The number of nitrogens with one attached hydrogen (secondary N) is 2. The molecule has 0 saturated heterocycles. The molecule has 0 aliphatic rings. The molecule has 112 valence electrons. The molecule has 7 heteroatoms. The van der Waals surface area contributed by atoms with Crippen molar-refractivity contribution in [1.82, 2.24) is 20.3 Å². The van der Waals surface area contributed by atoms with Crippen molar-refractivity contribution in [3.05, 3.63) is 36.2 Å². The van der Waals surface area contributed by atoms with Gasteiger partial charge in [-0.25, -0.2) is 19.7 Å². The van der Waals surface area contributed by atoms with Crippen molar-refractivity contribution in [2.75, 3.05) is 11.9 Å². The Morgan fingerprint density at radius 2 is 2.05 bits per heavy atom. The quantitative estimate of drug-likeness (QED) is 0.778. The van der Waals surface area contributed by atoms with Crippen molar-refractivity contribution in [1.29, 1.82) is 0 Å². The number of hydrogen-bond donors (Lipinski definition) is 2. The molecule has 0 spiro atoms. The second-order valence-corrected chi connectivity index (χ2v) is 5.74. The molecule has 6 nitrogen and oxygen atoms in total. The van der Waals surface area contributed by atoms with Crippen LogP contribution in [0.15, 0.2) is 30.6 Å². The van der Waals surface area contributed by atoms with Crippen LogP contribution in [-0.2, 0) is 0 Å². The number of urea groups is 1. The molecule has 22 heavy (non-hydrogen) atoms. The molecule has 0 aliphatic heterocycles. The Kier molecular flexibility index (Phi) is 3.97. The third-order valence-corrected chi connectivity index (χ3v) is 4.01. The van der Waals surface area contributed by atoms with E-state index in [1.165, 1.54) is 11.3 Å². The molecule has 3 aromatic rings. The Balaban J connectivity index is 2.00. The maximum absolute atomic E-state index is 11.6. The summed E-state index contributed by atoms with van der Waals surface area (Å²) in [5.74, 6) is 0.657. The predicted molar refractivity (Wildman–Crippen MR) is 88.1 cm³/mol. The summed E-state index contributed by atoms with van der Waals surface area (Å²) in [6.07, 6.45) is 3.58. The summed E-state index contributed by atoms with van der Waals surface area (Å²) in [4.78, 5) is 24.8. The fourth-order valence-corrected chi connectivity index (χ4v) is 2.98. The fourth-order valence-electron chi connectivity index (χ4n) is 2.01. The molecule has 0 bridgehead atoms. The molecule has 2 heterocycles. The minimum absolute atomic E-state index is 0.255. The topological polar surface area (TPSA) is 79.8 Å². The second-order valence-electron chi connectivity index (χ2n) is 4.74. The first-order valence-corrected chi connectivity index (χ1v) is 7.72. The van der Waals surface area contributed by atoms with Gasteiger partial charge in [-0.2, -0.15) is 0 Å². The van der Waals surface area contributed by atoms with Gasteiger partial charge in [0.1, 0.15) is 0 Å². The normalized spacial score (nSPS) is 10.6. The van der Waals surface area contributed by atoms with E-state index in [-0.39, 0.29) is 6.03 Å². The number of carbonyl (C=O) groups excluding carboxylic acids is 1. The van der Waals surface area contributed by atoms with Crippen LogP contribution >= 0.6 is 11.3 Å². The van der Waals surface area contributed by atoms with Crippen molar-refractivity contribution in [3.8, 4) is 11.4 Å². The lowest BCUT2D eigenvalue weighted by atomic mass is 10.2. The molecular formula is C15H15N5OS. The summed E-state index contributed by atoms with van der Waals surface area (Å²) < 4.78 is 0.957. The van der Waals surface area contributed by atoms with Gasteiger partial charge in [-0.1, -0.05) is 17.4 Å². The molecule has 0 unspecified atom stereocenters. The number of fused-ring (bicyclic) bond motifs is 1. The number of rotatable bonds is 3. The lowest BCUT2D eigenvalue weighted by Gasteiger charge is -2.01. The van der Waals surface area contributed by atoms with E-state index in [4.69, 9.17) is 0 Å². The van der Waals surface area contributed by atoms with E-state index in [1.807, 2.05) is 32.0 Å². The van der Waals surface area contributed by atoms with Crippen LogP contribution in [0, 0.1) is 6.92 Å². The molecular weight excluding hydrogens is 298 g/mol. The lowest BCUT2D eigenvalue weighted by molar-refractivity contribution is 0.252. The van der Waals surface area contributed by atoms with E-state index in [2.05, 4.69) is 25.6 Å². The van der Waals surface area contributed by atoms with E-state index in [1.54, 1.807) is 12.4 Å². The first-order chi connectivity index (χ1) is 10.7. The zero-order valence-corrected chi connectivity index (χ0v) is 13.1. The van der Waals surface area contributed by atoms with Gasteiger partial charge in [0.15, 0.2) is 11.0 Å². The van der Waals surface area contributed by atoms with Gasteiger partial charge < -0.3 is 5.32 Å². The van der Waals surface area contributed by atoms with Gasteiger partial charge in [0.05, 0.1) is 10.2 Å². The molecule has 0 aliphatic carbocycles. The molecule has 0 radical (unpaired) electrons. The van der Waals surface area contributed by atoms with Crippen molar-refractivity contribution in [2.45, 2.75) is 13.8 Å². The summed E-state index contributed by atoms with van der Waals surface area (Å²) in [5, 5.41) is 5.98. The fraction of sp³-hybridized carbons (Fsp3) is 0.200. The highest BCUT2D eigenvalue weighted by atomic mass is 32.1. The number of aryl methyl sites for hydroxylation is 1. The third kappa shape index (κ3) is 2.89. The third-order valence-electron chi connectivity index (χ3n) is 2.99. The van der Waals surface area contributed by atoms with E-state index < -0.39 is 0 Å². The van der Waals surface area contributed by atoms with Crippen molar-refractivity contribution >= 4 is 32.7 Å². The van der Waals surface area contributed by atoms with Gasteiger partial charge in [-0.05, 0) is 31.5 Å². The number of hydrogen-bond acceptors (Lipinski definition) is 5. The van der Waals surface area contributed by atoms with Gasteiger partial charge in [0.2, 0.25) is 0 Å². The Morgan fingerprint density at radius 1 is 1.27 bits per heavy atom. The number of anilines is 1. The van der Waals surface area contributed by atoms with Crippen LogP contribution in [0.3, 0.4) is 0 Å². The SMILES string of the molecule is CCNC(=O)Nc1nc2cccc(-c3ncc(C)cn3)c2s1. The molecule has 2 N–H and O–H groups in total. The average molecular weight is 313 g/mol. The van der Waals surface area contributed by atoms with Gasteiger partial charge in [-0.15, -0.1) is 0 Å². The van der Waals surface area contributed by atoms with Crippen LogP contribution in [0.1, 0.15) is 12.5 Å². The van der Waals surface area contributed by atoms with Crippen LogP contribution in [0.25, 0.3) is 21.6 Å². The number of carbonyl (C=O) groups is 1. The van der Waals surface area contributed by atoms with Crippen LogP contribution in [-0.4, -0.2) is 27.5 Å². The van der Waals surface area contributed by atoms with Gasteiger partial charge in [0.25, 0.3) is 0 Å². The highest BCUT2D eigenvalue weighted by Gasteiger charge is 2.12. The Bertz CT molecular complexity index is 812. The number of aromatic nitrogens is 3. The van der Waals surface area contributed by atoms with Gasteiger partial charge in [0, 0.05) is 24.5 Å². The zero-order chi connectivity index (χ0) is 15.5. The molecule has 0 fully saturated rings. The zero-order valence-electron chi connectivity index (χ0n) is 12.3. The van der Waals surface area contributed by atoms with E-state index in [9.17, 15) is 4.79 Å². The first-order valence-electron chi connectivity index (χ1n) is 6.91. The van der Waals surface area contributed by atoms with E-state index in [0.717, 1.165) is 21.3 Å². The van der Waals surface area contributed by atoms with Gasteiger partial charge >= 0.3 is 6.03 Å². The molecule has 0 saturated carbocycles. The number of nitrogens with zero attached hydrogens (tertiary/aromatic N) is 3.